The Kier molecular flexibility index (Phi) is 5.51. The number of likely N-dealkylation sites (N-methyl/N-ethyl adjacent to an activating group) is 1. The molecule has 3 rings (SSSR count). The molecule has 0 saturated carbocycles. The Labute approximate surface area is 156 Å². The third-order valence-corrected chi connectivity index (χ3v) is 4.84. The molecule has 25 heavy (non-hydrogen) atoms. The predicted molar refractivity (Wildman–Crippen MR) is 107 cm³/mol. The number of rotatable bonds is 5. The molecule has 0 saturated heterocycles. The molecule has 0 aromatic heterocycles. The first-order valence-electron chi connectivity index (χ1n) is 8.24. The highest BCUT2D eigenvalue weighted by Crippen LogP contribution is 2.26. The summed E-state index contributed by atoms with van der Waals surface area (Å²) in [6.07, 6.45) is 0. The van der Waals surface area contributed by atoms with Crippen LogP contribution in [0.4, 0.5) is 0 Å². The maximum absolute atomic E-state index is 12.5. The fraction of sp³-hybridized carbons (Fsp3) is 0.190. The summed E-state index contributed by atoms with van der Waals surface area (Å²) in [6, 6.07) is 22.2. The molecule has 0 heterocycles. The molecular formula is C21H21BrN2O. The van der Waals surface area contributed by atoms with Crippen molar-refractivity contribution in [3.05, 3.63) is 82.3 Å². The third kappa shape index (κ3) is 4.09. The van der Waals surface area contributed by atoms with Crippen molar-refractivity contribution in [3.63, 3.8) is 0 Å². The summed E-state index contributed by atoms with van der Waals surface area (Å²) in [5.74, 6) is -0.0617. The van der Waals surface area contributed by atoms with Gasteiger partial charge >= 0.3 is 0 Å². The van der Waals surface area contributed by atoms with Crippen LogP contribution in [0.3, 0.4) is 0 Å². The van der Waals surface area contributed by atoms with Crippen molar-refractivity contribution in [1.29, 1.82) is 0 Å². The Morgan fingerprint density at radius 2 is 1.76 bits per heavy atom. The molecule has 0 aliphatic carbocycles. The van der Waals surface area contributed by atoms with E-state index in [9.17, 15) is 4.79 Å². The van der Waals surface area contributed by atoms with Crippen molar-refractivity contribution < 1.29 is 4.79 Å². The molecule has 1 amide bonds. The molecule has 0 fully saturated rings. The predicted octanol–water partition coefficient (Wildman–Crippen LogP) is 4.64. The molecule has 0 radical (unpaired) electrons. The van der Waals surface area contributed by atoms with Crippen molar-refractivity contribution in [2.75, 3.05) is 20.6 Å². The molecule has 3 aromatic rings. The summed E-state index contributed by atoms with van der Waals surface area (Å²) < 4.78 is 0.901. The molecule has 3 aromatic carbocycles. The molecule has 128 valence electrons. The van der Waals surface area contributed by atoms with Crippen molar-refractivity contribution in [2.24, 2.45) is 0 Å². The number of nitrogens with zero attached hydrogens (tertiary/aromatic N) is 1. The average Bonchev–Trinajstić information content (AvgIpc) is 2.61. The highest BCUT2D eigenvalue weighted by atomic mass is 79.9. The van der Waals surface area contributed by atoms with E-state index < -0.39 is 0 Å². The SMILES string of the molecule is CN(C)[C@@H](CNC(=O)c1cccc(Br)c1)c1cccc2ccccc12. The highest BCUT2D eigenvalue weighted by Gasteiger charge is 2.18. The fourth-order valence-electron chi connectivity index (χ4n) is 3.03. The second kappa shape index (κ2) is 7.81. The molecule has 1 N–H and O–H groups in total. The van der Waals surface area contributed by atoms with Gasteiger partial charge in [-0.2, -0.15) is 0 Å². The van der Waals surface area contributed by atoms with E-state index in [-0.39, 0.29) is 11.9 Å². The van der Waals surface area contributed by atoms with E-state index >= 15 is 0 Å². The standard InChI is InChI=1S/C21H21BrN2O/c1-24(2)20(14-23-21(25)16-9-5-10-17(22)13-16)19-12-6-8-15-7-3-4-11-18(15)19/h3-13,20H,14H2,1-2H3,(H,23,25)/t20-/m0/s1. The van der Waals surface area contributed by atoms with Crippen LogP contribution in [0.2, 0.25) is 0 Å². The lowest BCUT2D eigenvalue weighted by atomic mass is 9.98. The van der Waals surface area contributed by atoms with Crippen molar-refractivity contribution in [3.8, 4) is 0 Å². The minimum atomic E-state index is -0.0617. The Morgan fingerprint density at radius 3 is 2.52 bits per heavy atom. The van der Waals surface area contributed by atoms with Gasteiger partial charge in [-0.25, -0.2) is 0 Å². The van der Waals surface area contributed by atoms with Crippen LogP contribution in [-0.4, -0.2) is 31.4 Å². The van der Waals surface area contributed by atoms with Crippen LogP contribution < -0.4 is 5.32 Å². The first kappa shape index (κ1) is 17.6. The van der Waals surface area contributed by atoms with Crippen LogP contribution in [0.25, 0.3) is 10.8 Å². The number of carbonyl (C=O) groups is 1. The summed E-state index contributed by atoms with van der Waals surface area (Å²) in [5.41, 5.74) is 1.88. The van der Waals surface area contributed by atoms with Crippen LogP contribution in [0.1, 0.15) is 22.0 Å². The molecule has 0 aliphatic heterocycles. The van der Waals surface area contributed by atoms with E-state index in [1.165, 1.54) is 16.3 Å². The summed E-state index contributed by atoms with van der Waals surface area (Å²) in [4.78, 5) is 14.6. The van der Waals surface area contributed by atoms with Gasteiger partial charge in [-0.1, -0.05) is 64.5 Å². The van der Waals surface area contributed by atoms with Gasteiger partial charge < -0.3 is 10.2 Å². The van der Waals surface area contributed by atoms with E-state index in [2.05, 4.69) is 62.5 Å². The molecule has 0 bridgehead atoms. The zero-order chi connectivity index (χ0) is 17.8. The maximum Gasteiger partial charge on any atom is 0.251 e. The lowest BCUT2D eigenvalue weighted by Crippen LogP contribution is -2.34. The molecular weight excluding hydrogens is 376 g/mol. The number of amides is 1. The Morgan fingerprint density at radius 1 is 1.04 bits per heavy atom. The second-order valence-corrected chi connectivity index (χ2v) is 7.18. The largest absolute Gasteiger partial charge is 0.350 e. The number of carbonyl (C=O) groups excluding carboxylic acids is 1. The Hall–Kier alpha value is -2.17. The number of benzene rings is 3. The van der Waals surface area contributed by atoms with Gasteiger partial charge in [-0.15, -0.1) is 0 Å². The van der Waals surface area contributed by atoms with E-state index in [0.29, 0.717) is 12.1 Å². The van der Waals surface area contributed by atoms with Crippen molar-refractivity contribution >= 4 is 32.6 Å². The first-order chi connectivity index (χ1) is 12.1. The van der Waals surface area contributed by atoms with Gasteiger partial charge in [0.15, 0.2) is 0 Å². The molecule has 0 unspecified atom stereocenters. The van der Waals surface area contributed by atoms with Crippen LogP contribution in [0, 0.1) is 0 Å². The van der Waals surface area contributed by atoms with E-state index in [0.717, 1.165) is 4.47 Å². The minimum absolute atomic E-state index is 0.0617. The smallest absolute Gasteiger partial charge is 0.251 e. The molecule has 0 spiro atoms. The third-order valence-electron chi connectivity index (χ3n) is 4.35. The van der Waals surface area contributed by atoms with Crippen LogP contribution >= 0.6 is 15.9 Å². The number of hydrogen-bond donors (Lipinski definition) is 1. The quantitative estimate of drug-likeness (QED) is 0.681. The van der Waals surface area contributed by atoms with Crippen molar-refractivity contribution in [1.82, 2.24) is 10.2 Å². The van der Waals surface area contributed by atoms with Crippen LogP contribution in [0.15, 0.2) is 71.2 Å². The Balaban J connectivity index is 1.83. The van der Waals surface area contributed by atoms with Gasteiger partial charge in [0.05, 0.1) is 6.04 Å². The fourth-order valence-corrected chi connectivity index (χ4v) is 3.43. The topological polar surface area (TPSA) is 32.3 Å². The van der Waals surface area contributed by atoms with E-state index in [1.807, 2.05) is 44.4 Å². The lowest BCUT2D eigenvalue weighted by Gasteiger charge is -2.26. The second-order valence-electron chi connectivity index (χ2n) is 6.27. The number of hydrogen-bond acceptors (Lipinski definition) is 2. The van der Waals surface area contributed by atoms with E-state index in [4.69, 9.17) is 0 Å². The average molecular weight is 397 g/mol. The maximum atomic E-state index is 12.5. The lowest BCUT2D eigenvalue weighted by molar-refractivity contribution is 0.0942. The number of halogens is 1. The molecule has 1 atom stereocenters. The molecule has 3 nitrogen and oxygen atoms in total. The van der Waals surface area contributed by atoms with Crippen LogP contribution in [0.5, 0.6) is 0 Å². The normalized spacial score (nSPS) is 12.3. The van der Waals surface area contributed by atoms with Gasteiger partial charge in [-0.3, -0.25) is 4.79 Å². The number of nitrogens with one attached hydrogen (secondary N) is 1. The molecule has 0 aliphatic rings. The summed E-state index contributed by atoms with van der Waals surface area (Å²) in [7, 11) is 4.08. The summed E-state index contributed by atoms with van der Waals surface area (Å²) >= 11 is 3.41. The van der Waals surface area contributed by atoms with Gasteiger partial charge in [-0.05, 0) is 48.6 Å². The van der Waals surface area contributed by atoms with Crippen molar-refractivity contribution in [2.45, 2.75) is 6.04 Å². The zero-order valence-electron chi connectivity index (χ0n) is 14.4. The number of fused-ring (bicyclic) bond motifs is 1. The highest BCUT2D eigenvalue weighted by molar-refractivity contribution is 9.10. The Bertz CT molecular complexity index is 886. The van der Waals surface area contributed by atoms with Gasteiger partial charge in [0, 0.05) is 16.6 Å². The first-order valence-corrected chi connectivity index (χ1v) is 9.03. The van der Waals surface area contributed by atoms with Gasteiger partial charge in [0.1, 0.15) is 0 Å². The molecule has 4 heteroatoms. The summed E-state index contributed by atoms with van der Waals surface area (Å²) in [6.45, 7) is 0.548. The van der Waals surface area contributed by atoms with Gasteiger partial charge in [0.2, 0.25) is 0 Å². The van der Waals surface area contributed by atoms with Gasteiger partial charge in [0.25, 0.3) is 5.91 Å². The van der Waals surface area contributed by atoms with Crippen LogP contribution in [-0.2, 0) is 0 Å². The zero-order valence-corrected chi connectivity index (χ0v) is 16.0. The summed E-state index contributed by atoms with van der Waals surface area (Å²) in [5, 5.41) is 5.51. The minimum Gasteiger partial charge on any atom is -0.350 e. The van der Waals surface area contributed by atoms with E-state index in [1.54, 1.807) is 0 Å². The monoisotopic (exact) mass is 396 g/mol.